The maximum atomic E-state index is 13.0. The summed E-state index contributed by atoms with van der Waals surface area (Å²) in [6.07, 6.45) is 3.55. The first-order valence-electron chi connectivity index (χ1n) is 9.33. The van der Waals surface area contributed by atoms with E-state index >= 15 is 0 Å². The fourth-order valence-corrected chi connectivity index (χ4v) is 3.23. The lowest BCUT2D eigenvalue weighted by atomic mass is 10.2. The molecule has 0 aliphatic carbocycles. The van der Waals surface area contributed by atoms with Gasteiger partial charge in [0, 0.05) is 26.6 Å². The third-order valence-corrected chi connectivity index (χ3v) is 4.72. The van der Waals surface area contributed by atoms with Gasteiger partial charge in [0.1, 0.15) is 5.76 Å². The zero-order chi connectivity index (χ0) is 19.1. The molecule has 0 N–H and O–H groups in total. The number of hydrogen-bond donors (Lipinski definition) is 0. The molecule has 3 rings (SSSR count). The fraction of sp³-hybridized carbons (Fsp3) is 0.429. The molecule has 1 atom stereocenters. The molecule has 1 unspecified atom stereocenters. The monoisotopic (exact) mass is 370 g/mol. The lowest BCUT2D eigenvalue weighted by Gasteiger charge is -2.28. The summed E-state index contributed by atoms with van der Waals surface area (Å²) >= 11 is 0. The highest BCUT2D eigenvalue weighted by Gasteiger charge is 2.25. The third kappa shape index (κ3) is 5.69. The quantitative estimate of drug-likeness (QED) is 0.717. The minimum Gasteiger partial charge on any atom is -0.467 e. The molecule has 0 bridgehead atoms. The van der Waals surface area contributed by atoms with Gasteiger partial charge in [0.05, 0.1) is 25.5 Å². The van der Waals surface area contributed by atoms with Crippen molar-refractivity contribution >= 4 is 11.8 Å². The number of rotatable bonds is 8. The van der Waals surface area contributed by atoms with Crippen molar-refractivity contribution in [2.45, 2.75) is 39.0 Å². The highest BCUT2D eigenvalue weighted by atomic mass is 16.5. The molecule has 1 aliphatic rings. The lowest BCUT2D eigenvalue weighted by Crippen LogP contribution is -2.44. The van der Waals surface area contributed by atoms with Crippen molar-refractivity contribution in [3.63, 3.8) is 0 Å². The second-order valence-electron chi connectivity index (χ2n) is 6.85. The molecule has 1 saturated heterocycles. The smallest absolute Gasteiger partial charge is 0.242 e. The molecule has 2 heterocycles. The van der Waals surface area contributed by atoms with E-state index in [0.717, 1.165) is 25.0 Å². The number of amides is 2. The zero-order valence-corrected chi connectivity index (χ0v) is 15.7. The molecule has 6 nitrogen and oxygen atoms in total. The number of hydrogen-bond acceptors (Lipinski definition) is 4. The van der Waals surface area contributed by atoms with Gasteiger partial charge in [0.2, 0.25) is 11.8 Å². The zero-order valence-electron chi connectivity index (χ0n) is 15.7. The van der Waals surface area contributed by atoms with Gasteiger partial charge in [-0.05, 0) is 30.5 Å². The molecule has 144 valence electrons. The van der Waals surface area contributed by atoms with Crippen molar-refractivity contribution in [1.82, 2.24) is 9.80 Å². The van der Waals surface area contributed by atoms with Crippen LogP contribution in [0.1, 0.15) is 31.1 Å². The van der Waals surface area contributed by atoms with Gasteiger partial charge in [0.25, 0.3) is 0 Å². The minimum atomic E-state index is -0.114. The standard InChI is InChI=1S/C21H26N2O4/c1-17(24)22(14-19-9-5-11-26-19)16-21(25)23(15-20-10-6-12-27-20)13-18-7-3-2-4-8-18/h2-4,6-8,10,12,19H,5,9,11,13-16H2,1H3. The van der Waals surface area contributed by atoms with Crippen molar-refractivity contribution in [3.8, 4) is 0 Å². The number of benzene rings is 1. The first kappa shape index (κ1) is 19.2. The average molecular weight is 370 g/mol. The molecule has 2 amide bonds. The van der Waals surface area contributed by atoms with Crippen LogP contribution in [-0.2, 0) is 27.4 Å². The van der Waals surface area contributed by atoms with Crippen LogP contribution < -0.4 is 0 Å². The van der Waals surface area contributed by atoms with E-state index in [-0.39, 0.29) is 24.5 Å². The van der Waals surface area contributed by atoms with Crippen LogP contribution in [-0.4, -0.2) is 47.4 Å². The van der Waals surface area contributed by atoms with Crippen molar-refractivity contribution in [2.75, 3.05) is 19.7 Å². The Labute approximate surface area is 159 Å². The van der Waals surface area contributed by atoms with Gasteiger partial charge in [-0.2, -0.15) is 0 Å². The van der Waals surface area contributed by atoms with Crippen molar-refractivity contribution in [1.29, 1.82) is 0 Å². The van der Waals surface area contributed by atoms with Crippen molar-refractivity contribution < 1.29 is 18.7 Å². The predicted molar refractivity (Wildman–Crippen MR) is 101 cm³/mol. The fourth-order valence-electron chi connectivity index (χ4n) is 3.23. The predicted octanol–water partition coefficient (Wildman–Crippen LogP) is 2.84. The highest BCUT2D eigenvalue weighted by Crippen LogP contribution is 2.15. The summed E-state index contributed by atoms with van der Waals surface area (Å²) < 4.78 is 11.0. The summed E-state index contributed by atoms with van der Waals surface area (Å²) in [5.41, 5.74) is 1.03. The second-order valence-corrected chi connectivity index (χ2v) is 6.85. The topological polar surface area (TPSA) is 63.0 Å². The molecule has 1 fully saturated rings. The summed E-state index contributed by atoms with van der Waals surface area (Å²) in [5.74, 6) is 0.493. The SMILES string of the molecule is CC(=O)N(CC(=O)N(Cc1ccccc1)Cc1ccco1)CC1CCCO1. The Kier molecular flexibility index (Phi) is 6.65. The van der Waals surface area contributed by atoms with E-state index in [2.05, 4.69) is 0 Å². The second kappa shape index (κ2) is 9.37. The van der Waals surface area contributed by atoms with Gasteiger partial charge in [-0.15, -0.1) is 0 Å². The van der Waals surface area contributed by atoms with Crippen LogP contribution >= 0.6 is 0 Å². The number of carbonyl (C=O) groups is 2. The van der Waals surface area contributed by atoms with Crippen LogP contribution in [0.2, 0.25) is 0 Å². The van der Waals surface area contributed by atoms with E-state index in [4.69, 9.17) is 9.15 Å². The summed E-state index contributed by atoms with van der Waals surface area (Å²) in [6.45, 7) is 3.56. The number of nitrogens with zero attached hydrogens (tertiary/aromatic N) is 2. The van der Waals surface area contributed by atoms with Gasteiger partial charge < -0.3 is 19.0 Å². The average Bonchev–Trinajstić information content (AvgIpc) is 3.35. The van der Waals surface area contributed by atoms with Gasteiger partial charge in [-0.25, -0.2) is 0 Å². The van der Waals surface area contributed by atoms with Crippen LogP contribution in [0.4, 0.5) is 0 Å². The molecule has 1 aliphatic heterocycles. The summed E-state index contributed by atoms with van der Waals surface area (Å²) in [6, 6.07) is 13.5. The number of ether oxygens (including phenoxy) is 1. The van der Waals surface area contributed by atoms with Crippen LogP contribution in [0.3, 0.4) is 0 Å². The molecule has 0 spiro atoms. The number of carbonyl (C=O) groups excluding carboxylic acids is 2. The maximum Gasteiger partial charge on any atom is 0.242 e. The van der Waals surface area contributed by atoms with Crippen molar-refractivity contribution in [2.24, 2.45) is 0 Å². The first-order chi connectivity index (χ1) is 13.1. The van der Waals surface area contributed by atoms with E-state index in [1.165, 1.54) is 6.92 Å². The van der Waals surface area contributed by atoms with E-state index in [1.807, 2.05) is 36.4 Å². The molecule has 0 saturated carbocycles. The molecule has 6 heteroatoms. The molecule has 2 aromatic rings. The van der Waals surface area contributed by atoms with Gasteiger partial charge >= 0.3 is 0 Å². The molecule has 1 aromatic heterocycles. The van der Waals surface area contributed by atoms with Gasteiger partial charge in [0.15, 0.2) is 0 Å². The van der Waals surface area contributed by atoms with Crippen LogP contribution in [0, 0.1) is 0 Å². The van der Waals surface area contributed by atoms with Gasteiger partial charge in [-0.3, -0.25) is 9.59 Å². The maximum absolute atomic E-state index is 13.0. The Morgan fingerprint density at radius 3 is 2.52 bits per heavy atom. The number of furan rings is 1. The third-order valence-electron chi connectivity index (χ3n) is 4.72. The van der Waals surface area contributed by atoms with E-state index in [9.17, 15) is 9.59 Å². The molecular formula is C21H26N2O4. The first-order valence-corrected chi connectivity index (χ1v) is 9.33. The van der Waals surface area contributed by atoms with E-state index < -0.39 is 0 Å². The largest absolute Gasteiger partial charge is 0.467 e. The summed E-state index contributed by atoms with van der Waals surface area (Å²) in [4.78, 5) is 28.4. The lowest BCUT2D eigenvalue weighted by molar-refractivity contribution is -0.141. The molecule has 27 heavy (non-hydrogen) atoms. The Bertz CT molecular complexity index is 724. The summed E-state index contributed by atoms with van der Waals surface area (Å²) in [5, 5.41) is 0. The minimum absolute atomic E-state index is 0.0225. The molecule has 0 radical (unpaired) electrons. The molecule has 1 aromatic carbocycles. The van der Waals surface area contributed by atoms with Crippen LogP contribution in [0.15, 0.2) is 53.1 Å². The normalized spacial score (nSPS) is 16.3. The summed E-state index contributed by atoms with van der Waals surface area (Å²) in [7, 11) is 0. The Balaban J connectivity index is 1.68. The Morgan fingerprint density at radius 1 is 1.07 bits per heavy atom. The molecular weight excluding hydrogens is 344 g/mol. The Morgan fingerprint density at radius 2 is 1.89 bits per heavy atom. The van der Waals surface area contributed by atoms with E-state index in [0.29, 0.717) is 25.4 Å². The highest BCUT2D eigenvalue weighted by molar-refractivity contribution is 5.83. The van der Waals surface area contributed by atoms with Crippen molar-refractivity contribution in [3.05, 3.63) is 60.1 Å². The van der Waals surface area contributed by atoms with Crippen LogP contribution in [0.25, 0.3) is 0 Å². The Hall–Kier alpha value is -2.60. The van der Waals surface area contributed by atoms with E-state index in [1.54, 1.807) is 22.1 Å². The van der Waals surface area contributed by atoms with Crippen LogP contribution in [0.5, 0.6) is 0 Å². The van der Waals surface area contributed by atoms with Gasteiger partial charge in [-0.1, -0.05) is 30.3 Å².